The summed E-state index contributed by atoms with van der Waals surface area (Å²) in [5.41, 5.74) is 0.424. The van der Waals surface area contributed by atoms with Gasteiger partial charge in [0, 0.05) is 19.9 Å². The molecule has 1 atom stereocenters. The summed E-state index contributed by atoms with van der Waals surface area (Å²) in [7, 11) is 2.98. The fourth-order valence-corrected chi connectivity index (χ4v) is 1.14. The largest absolute Gasteiger partial charge is 0.465 e. The molecule has 0 amide bonds. The third-order valence-electron chi connectivity index (χ3n) is 2.17. The van der Waals surface area contributed by atoms with Crippen molar-refractivity contribution >= 4 is 11.8 Å². The van der Waals surface area contributed by atoms with Crippen molar-refractivity contribution in [3.05, 3.63) is 23.9 Å². The molecule has 0 aliphatic heterocycles. The first kappa shape index (κ1) is 12.4. The molecule has 0 aliphatic rings. The number of aromatic nitrogens is 1. The molecule has 1 N–H and O–H groups in total. The van der Waals surface area contributed by atoms with Crippen LogP contribution < -0.4 is 5.32 Å². The second-order valence-electron chi connectivity index (χ2n) is 3.32. The fourth-order valence-electron chi connectivity index (χ4n) is 1.14. The molecule has 0 fully saturated rings. The Bertz CT molecular complexity index is 355. The molecule has 1 rings (SSSR count). The van der Waals surface area contributed by atoms with Crippen molar-refractivity contribution in [2.45, 2.75) is 13.0 Å². The molecule has 1 aromatic heterocycles. The lowest BCUT2D eigenvalue weighted by molar-refractivity contribution is 0.0601. The Balaban J connectivity index is 2.75. The molecule has 1 heterocycles. The van der Waals surface area contributed by atoms with Crippen molar-refractivity contribution in [2.24, 2.45) is 0 Å². The zero-order valence-electron chi connectivity index (χ0n) is 9.69. The van der Waals surface area contributed by atoms with Gasteiger partial charge in [0.1, 0.15) is 11.4 Å². The van der Waals surface area contributed by atoms with Crippen LogP contribution in [0.5, 0.6) is 0 Å². The van der Waals surface area contributed by atoms with Crippen LogP contribution in [0.15, 0.2) is 18.3 Å². The normalized spacial score (nSPS) is 11.9. The minimum Gasteiger partial charge on any atom is -0.465 e. The topological polar surface area (TPSA) is 60.5 Å². The van der Waals surface area contributed by atoms with Gasteiger partial charge in [0.2, 0.25) is 0 Å². The summed E-state index contributed by atoms with van der Waals surface area (Å²) >= 11 is 0. The molecule has 88 valence electrons. The molecule has 0 saturated carbocycles. The average molecular weight is 224 g/mol. The maximum absolute atomic E-state index is 11.4. The van der Waals surface area contributed by atoms with E-state index in [1.165, 1.54) is 7.11 Å². The van der Waals surface area contributed by atoms with E-state index < -0.39 is 5.97 Å². The number of methoxy groups -OCH3 is 2. The minimum atomic E-state index is -0.402. The monoisotopic (exact) mass is 224 g/mol. The standard InChI is InChI=1S/C11H16N2O3/c1-8(15-2)7-13-10-9(11(14)16-3)5-4-6-12-10/h4-6,8H,7H2,1-3H3,(H,12,13). The Morgan fingerprint density at radius 2 is 2.31 bits per heavy atom. The summed E-state index contributed by atoms with van der Waals surface area (Å²) in [4.78, 5) is 15.5. The van der Waals surface area contributed by atoms with E-state index in [0.29, 0.717) is 17.9 Å². The molecule has 1 unspecified atom stereocenters. The number of esters is 1. The van der Waals surface area contributed by atoms with Crippen molar-refractivity contribution < 1.29 is 14.3 Å². The van der Waals surface area contributed by atoms with Gasteiger partial charge in [-0.2, -0.15) is 0 Å². The summed E-state index contributed by atoms with van der Waals surface area (Å²) in [5.74, 6) is 0.110. The van der Waals surface area contributed by atoms with E-state index in [-0.39, 0.29) is 6.10 Å². The maximum Gasteiger partial charge on any atom is 0.341 e. The Hall–Kier alpha value is -1.62. The van der Waals surface area contributed by atoms with E-state index in [1.54, 1.807) is 25.4 Å². The molecule has 1 aromatic rings. The van der Waals surface area contributed by atoms with Gasteiger partial charge < -0.3 is 14.8 Å². The van der Waals surface area contributed by atoms with Gasteiger partial charge in [-0.25, -0.2) is 9.78 Å². The lowest BCUT2D eigenvalue weighted by Gasteiger charge is -2.13. The molecule has 0 radical (unpaired) electrons. The predicted molar refractivity (Wildman–Crippen MR) is 60.5 cm³/mol. The number of nitrogens with one attached hydrogen (secondary N) is 1. The van der Waals surface area contributed by atoms with Gasteiger partial charge in [0.05, 0.1) is 13.2 Å². The molecular formula is C11H16N2O3. The van der Waals surface area contributed by atoms with Crippen LogP contribution in [-0.2, 0) is 9.47 Å². The number of anilines is 1. The van der Waals surface area contributed by atoms with Gasteiger partial charge in [0.25, 0.3) is 0 Å². The molecule has 0 aromatic carbocycles. The summed E-state index contributed by atoms with van der Waals surface area (Å²) in [6.07, 6.45) is 1.67. The molecule has 0 aliphatic carbocycles. The summed E-state index contributed by atoms with van der Waals surface area (Å²) in [6.45, 7) is 2.51. The van der Waals surface area contributed by atoms with E-state index in [9.17, 15) is 4.79 Å². The molecule has 5 heteroatoms. The number of rotatable bonds is 5. The predicted octanol–water partition coefficient (Wildman–Crippen LogP) is 1.31. The van der Waals surface area contributed by atoms with Crippen molar-refractivity contribution in [2.75, 3.05) is 26.1 Å². The number of hydrogen-bond donors (Lipinski definition) is 1. The Morgan fingerprint density at radius 3 is 2.94 bits per heavy atom. The van der Waals surface area contributed by atoms with Gasteiger partial charge in [-0.15, -0.1) is 0 Å². The smallest absolute Gasteiger partial charge is 0.341 e. The van der Waals surface area contributed by atoms with E-state index in [2.05, 4.69) is 15.0 Å². The molecule has 0 saturated heterocycles. The van der Waals surface area contributed by atoms with Crippen LogP contribution in [0.3, 0.4) is 0 Å². The highest BCUT2D eigenvalue weighted by Gasteiger charge is 2.12. The molecular weight excluding hydrogens is 208 g/mol. The third-order valence-corrected chi connectivity index (χ3v) is 2.17. The summed E-state index contributed by atoms with van der Waals surface area (Å²) in [6, 6.07) is 3.36. The van der Waals surface area contributed by atoms with Gasteiger partial charge in [0.15, 0.2) is 0 Å². The van der Waals surface area contributed by atoms with E-state index >= 15 is 0 Å². The fraction of sp³-hybridized carbons (Fsp3) is 0.455. The summed E-state index contributed by atoms with van der Waals surface area (Å²) in [5, 5.41) is 3.04. The van der Waals surface area contributed by atoms with Gasteiger partial charge in [-0.1, -0.05) is 0 Å². The van der Waals surface area contributed by atoms with Crippen LogP contribution in [0.4, 0.5) is 5.82 Å². The summed E-state index contributed by atoms with van der Waals surface area (Å²) < 4.78 is 9.75. The van der Waals surface area contributed by atoms with Crippen LogP contribution in [0.2, 0.25) is 0 Å². The SMILES string of the molecule is COC(=O)c1cccnc1NCC(C)OC. The minimum absolute atomic E-state index is 0.0486. The Kier molecular flexibility index (Phi) is 4.72. The average Bonchev–Trinajstić information content (AvgIpc) is 2.35. The van der Waals surface area contributed by atoms with Crippen LogP contribution in [0.1, 0.15) is 17.3 Å². The quantitative estimate of drug-likeness (QED) is 0.764. The van der Waals surface area contributed by atoms with Crippen molar-refractivity contribution in [1.82, 2.24) is 4.98 Å². The van der Waals surface area contributed by atoms with Crippen LogP contribution in [0.25, 0.3) is 0 Å². The first-order valence-electron chi connectivity index (χ1n) is 4.99. The number of pyridine rings is 1. The van der Waals surface area contributed by atoms with Crippen LogP contribution in [-0.4, -0.2) is 37.8 Å². The van der Waals surface area contributed by atoms with Crippen LogP contribution in [0, 0.1) is 0 Å². The zero-order valence-corrected chi connectivity index (χ0v) is 9.69. The highest BCUT2D eigenvalue weighted by molar-refractivity contribution is 5.94. The first-order valence-corrected chi connectivity index (χ1v) is 4.99. The van der Waals surface area contributed by atoms with Crippen LogP contribution >= 0.6 is 0 Å². The van der Waals surface area contributed by atoms with E-state index in [4.69, 9.17) is 4.74 Å². The second kappa shape index (κ2) is 6.07. The van der Waals surface area contributed by atoms with Gasteiger partial charge in [-0.3, -0.25) is 0 Å². The number of hydrogen-bond acceptors (Lipinski definition) is 5. The molecule has 5 nitrogen and oxygen atoms in total. The lowest BCUT2D eigenvalue weighted by atomic mass is 10.2. The Morgan fingerprint density at radius 1 is 1.56 bits per heavy atom. The van der Waals surface area contributed by atoms with Gasteiger partial charge >= 0.3 is 5.97 Å². The highest BCUT2D eigenvalue weighted by atomic mass is 16.5. The van der Waals surface area contributed by atoms with Crippen molar-refractivity contribution in [1.29, 1.82) is 0 Å². The Labute approximate surface area is 94.8 Å². The van der Waals surface area contributed by atoms with Crippen molar-refractivity contribution in [3.8, 4) is 0 Å². The van der Waals surface area contributed by atoms with E-state index in [0.717, 1.165) is 0 Å². The highest BCUT2D eigenvalue weighted by Crippen LogP contribution is 2.12. The lowest BCUT2D eigenvalue weighted by Crippen LogP contribution is -2.20. The number of nitrogens with zero attached hydrogens (tertiary/aromatic N) is 1. The van der Waals surface area contributed by atoms with E-state index in [1.807, 2.05) is 6.92 Å². The molecule has 16 heavy (non-hydrogen) atoms. The zero-order chi connectivity index (χ0) is 12.0. The first-order chi connectivity index (χ1) is 7.69. The van der Waals surface area contributed by atoms with Gasteiger partial charge in [-0.05, 0) is 19.1 Å². The third kappa shape index (κ3) is 3.20. The second-order valence-corrected chi connectivity index (χ2v) is 3.32. The molecule has 0 spiro atoms. The van der Waals surface area contributed by atoms with Crippen molar-refractivity contribution in [3.63, 3.8) is 0 Å². The number of carbonyl (C=O) groups excluding carboxylic acids is 1. The number of ether oxygens (including phenoxy) is 2. The number of carbonyl (C=O) groups is 1. The maximum atomic E-state index is 11.4. The molecule has 0 bridgehead atoms.